The van der Waals surface area contributed by atoms with Crippen LogP contribution in [-0.2, 0) is 6.54 Å². The van der Waals surface area contributed by atoms with Gasteiger partial charge in [0.05, 0.1) is 12.9 Å². The molecule has 0 fully saturated rings. The lowest BCUT2D eigenvalue weighted by Crippen LogP contribution is -2.08. The van der Waals surface area contributed by atoms with E-state index >= 15 is 0 Å². The molecule has 0 saturated heterocycles. The predicted molar refractivity (Wildman–Crippen MR) is 74.0 cm³/mol. The molecule has 0 amide bonds. The fourth-order valence-corrected chi connectivity index (χ4v) is 2.15. The molecule has 0 bridgehead atoms. The minimum atomic E-state index is 0.844. The minimum absolute atomic E-state index is 0.844. The van der Waals surface area contributed by atoms with Gasteiger partial charge in [-0.25, -0.2) is 4.98 Å². The first-order chi connectivity index (χ1) is 8.74. The van der Waals surface area contributed by atoms with E-state index in [1.807, 2.05) is 12.5 Å². The fraction of sp³-hybridized carbons (Fsp3) is 0.214. The van der Waals surface area contributed by atoms with Crippen molar-refractivity contribution >= 4 is 16.6 Å². The molecule has 2 heterocycles. The summed E-state index contributed by atoms with van der Waals surface area (Å²) in [5.41, 5.74) is 3.68. The molecule has 2 aromatic heterocycles. The second-order valence-electron chi connectivity index (χ2n) is 4.67. The maximum atomic E-state index is 4.07. The monoisotopic (exact) mass is 240 g/mol. The number of nitrogens with zero attached hydrogens (tertiary/aromatic N) is 3. The van der Waals surface area contributed by atoms with Gasteiger partial charge < -0.3 is 14.5 Å². The van der Waals surface area contributed by atoms with Crippen molar-refractivity contribution in [2.75, 3.05) is 19.0 Å². The van der Waals surface area contributed by atoms with Gasteiger partial charge in [0, 0.05) is 49.3 Å². The number of fused-ring (bicyclic) bond motifs is 1. The van der Waals surface area contributed by atoms with E-state index in [2.05, 4.69) is 57.9 Å². The van der Waals surface area contributed by atoms with Crippen LogP contribution >= 0.6 is 0 Å². The maximum absolute atomic E-state index is 4.07. The van der Waals surface area contributed by atoms with Gasteiger partial charge in [-0.2, -0.15) is 0 Å². The van der Waals surface area contributed by atoms with Crippen molar-refractivity contribution in [1.29, 1.82) is 0 Å². The van der Waals surface area contributed by atoms with Gasteiger partial charge in [-0.05, 0) is 23.8 Å². The van der Waals surface area contributed by atoms with Gasteiger partial charge in [0.25, 0.3) is 0 Å². The van der Waals surface area contributed by atoms with Crippen LogP contribution in [0.1, 0.15) is 5.56 Å². The summed E-state index contributed by atoms with van der Waals surface area (Å²) in [6.07, 6.45) is 7.70. The molecule has 0 aliphatic rings. The van der Waals surface area contributed by atoms with Crippen LogP contribution in [-0.4, -0.2) is 28.6 Å². The molecule has 1 N–H and O–H groups in total. The van der Waals surface area contributed by atoms with Crippen LogP contribution in [0.4, 0.5) is 5.69 Å². The van der Waals surface area contributed by atoms with Gasteiger partial charge in [-0.3, -0.25) is 0 Å². The average Bonchev–Trinajstić information content (AvgIpc) is 2.99. The Hall–Kier alpha value is -2.23. The summed E-state index contributed by atoms with van der Waals surface area (Å²) in [7, 11) is 4.12. The van der Waals surface area contributed by atoms with Crippen LogP contribution in [0.3, 0.4) is 0 Å². The zero-order chi connectivity index (χ0) is 12.5. The molecule has 0 unspecified atom stereocenters. The van der Waals surface area contributed by atoms with E-state index < -0.39 is 0 Å². The predicted octanol–water partition coefficient (Wildman–Crippen LogP) is 2.48. The van der Waals surface area contributed by atoms with E-state index in [-0.39, 0.29) is 0 Å². The summed E-state index contributed by atoms with van der Waals surface area (Å²) in [6.45, 7) is 0.844. The lowest BCUT2D eigenvalue weighted by Gasteiger charge is -2.12. The number of hydrogen-bond donors (Lipinski definition) is 1. The second-order valence-corrected chi connectivity index (χ2v) is 4.67. The number of benzene rings is 1. The Morgan fingerprint density at radius 2 is 2.22 bits per heavy atom. The molecule has 0 atom stereocenters. The van der Waals surface area contributed by atoms with Crippen LogP contribution in [0.5, 0.6) is 0 Å². The third-order valence-electron chi connectivity index (χ3n) is 3.18. The number of imidazole rings is 1. The van der Waals surface area contributed by atoms with E-state index in [9.17, 15) is 0 Å². The first kappa shape index (κ1) is 10.9. The van der Waals surface area contributed by atoms with Crippen molar-refractivity contribution in [3.8, 4) is 0 Å². The summed E-state index contributed by atoms with van der Waals surface area (Å²) in [5.74, 6) is 0. The summed E-state index contributed by atoms with van der Waals surface area (Å²) >= 11 is 0. The Bertz CT molecular complexity index is 650. The van der Waals surface area contributed by atoms with Crippen LogP contribution in [0.15, 0.2) is 43.1 Å². The second kappa shape index (κ2) is 4.22. The van der Waals surface area contributed by atoms with Gasteiger partial charge in [0.2, 0.25) is 0 Å². The van der Waals surface area contributed by atoms with Crippen molar-refractivity contribution < 1.29 is 0 Å². The normalized spacial score (nSPS) is 11.0. The first-order valence-corrected chi connectivity index (χ1v) is 5.97. The van der Waals surface area contributed by atoms with Crippen LogP contribution in [0, 0.1) is 0 Å². The molecule has 3 rings (SSSR count). The number of anilines is 1. The maximum Gasteiger partial charge on any atom is 0.0949 e. The van der Waals surface area contributed by atoms with Crippen molar-refractivity contribution in [1.82, 2.24) is 14.5 Å². The summed E-state index contributed by atoms with van der Waals surface area (Å²) in [4.78, 5) is 9.51. The Morgan fingerprint density at radius 3 is 2.94 bits per heavy atom. The zero-order valence-corrected chi connectivity index (χ0v) is 10.6. The third kappa shape index (κ3) is 1.86. The Balaban J connectivity index is 2.04. The molecule has 4 nitrogen and oxygen atoms in total. The highest BCUT2D eigenvalue weighted by atomic mass is 15.1. The average molecular weight is 240 g/mol. The third-order valence-corrected chi connectivity index (χ3v) is 3.18. The number of rotatable bonds is 3. The SMILES string of the molecule is CN(C)c1ccc2[nH]cc(Cn3ccnc3)c2c1. The van der Waals surface area contributed by atoms with Crippen molar-refractivity contribution in [2.24, 2.45) is 0 Å². The van der Waals surface area contributed by atoms with Gasteiger partial charge in [-0.15, -0.1) is 0 Å². The Labute approximate surface area is 106 Å². The van der Waals surface area contributed by atoms with Crippen molar-refractivity contribution in [3.63, 3.8) is 0 Å². The fourth-order valence-electron chi connectivity index (χ4n) is 2.15. The van der Waals surface area contributed by atoms with E-state index in [0.29, 0.717) is 0 Å². The molecule has 0 radical (unpaired) electrons. The largest absolute Gasteiger partial charge is 0.378 e. The van der Waals surface area contributed by atoms with Gasteiger partial charge in [-0.1, -0.05) is 0 Å². The molecular weight excluding hydrogens is 224 g/mol. The molecular formula is C14H16N4. The minimum Gasteiger partial charge on any atom is -0.378 e. The first-order valence-electron chi connectivity index (χ1n) is 5.97. The molecule has 0 saturated carbocycles. The highest BCUT2D eigenvalue weighted by Crippen LogP contribution is 2.24. The molecule has 3 aromatic rings. The molecule has 18 heavy (non-hydrogen) atoms. The van der Waals surface area contributed by atoms with Crippen molar-refractivity contribution in [3.05, 3.63) is 48.7 Å². The summed E-state index contributed by atoms with van der Waals surface area (Å²) < 4.78 is 2.07. The van der Waals surface area contributed by atoms with E-state index in [1.165, 1.54) is 22.2 Å². The summed E-state index contributed by atoms with van der Waals surface area (Å²) in [5, 5.41) is 1.27. The van der Waals surface area contributed by atoms with Gasteiger partial charge in [0.15, 0.2) is 0 Å². The quantitative estimate of drug-likeness (QED) is 0.763. The number of hydrogen-bond acceptors (Lipinski definition) is 2. The number of aromatic amines is 1. The smallest absolute Gasteiger partial charge is 0.0949 e. The lowest BCUT2D eigenvalue weighted by atomic mass is 10.1. The van der Waals surface area contributed by atoms with E-state index in [1.54, 1.807) is 6.20 Å². The molecule has 1 aromatic carbocycles. The van der Waals surface area contributed by atoms with E-state index in [0.717, 1.165) is 6.54 Å². The molecule has 0 aliphatic heterocycles. The van der Waals surface area contributed by atoms with Crippen LogP contribution in [0.2, 0.25) is 0 Å². The molecule has 4 heteroatoms. The van der Waals surface area contributed by atoms with Gasteiger partial charge in [0.1, 0.15) is 0 Å². The highest BCUT2D eigenvalue weighted by Gasteiger charge is 2.06. The lowest BCUT2D eigenvalue weighted by molar-refractivity contribution is 0.802. The topological polar surface area (TPSA) is 36.9 Å². The van der Waals surface area contributed by atoms with Crippen LogP contribution in [0.25, 0.3) is 10.9 Å². The molecule has 92 valence electrons. The number of aromatic nitrogens is 3. The highest BCUT2D eigenvalue weighted by molar-refractivity contribution is 5.86. The summed E-state index contributed by atoms with van der Waals surface area (Å²) in [6, 6.07) is 6.47. The zero-order valence-electron chi connectivity index (χ0n) is 10.6. The van der Waals surface area contributed by atoms with Crippen LogP contribution < -0.4 is 4.90 Å². The number of nitrogens with one attached hydrogen (secondary N) is 1. The Morgan fingerprint density at radius 1 is 1.33 bits per heavy atom. The molecule has 0 aliphatic carbocycles. The standard InChI is InChI=1S/C14H16N4/c1-17(2)12-3-4-14-13(7-12)11(8-16-14)9-18-6-5-15-10-18/h3-8,10,16H,9H2,1-2H3. The van der Waals surface area contributed by atoms with Crippen molar-refractivity contribution in [2.45, 2.75) is 6.54 Å². The molecule has 0 spiro atoms. The number of H-pyrrole nitrogens is 1. The Kier molecular flexibility index (Phi) is 2.55. The van der Waals surface area contributed by atoms with Gasteiger partial charge >= 0.3 is 0 Å². The van der Waals surface area contributed by atoms with E-state index in [4.69, 9.17) is 0 Å².